The normalized spacial score (nSPS) is 11.6. The number of hydrogen-bond donors (Lipinski definition) is 1. The van der Waals surface area contributed by atoms with E-state index in [1.54, 1.807) is 19.2 Å². The van der Waals surface area contributed by atoms with Crippen LogP contribution in [0.3, 0.4) is 0 Å². The Hall–Kier alpha value is -2.95. The first-order chi connectivity index (χ1) is 13.6. The molecule has 4 aromatic rings. The Kier molecular flexibility index (Phi) is 5.24. The fourth-order valence-corrected chi connectivity index (χ4v) is 3.36. The maximum atomic E-state index is 6.40. The SMILES string of the molecule is COc1ccc(-c2c/c(=N/Nc3ccccc3)c3cc(Cl)cc(Cl)c3o2)cc1. The number of methoxy groups -OCH3 is 1. The second kappa shape index (κ2) is 7.97. The molecular weight excluding hydrogens is 395 g/mol. The molecule has 0 spiro atoms. The number of rotatable bonds is 4. The minimum absolute atomic E-state index is 0.425. The van der Waals surface area contributed by atoms with Crippen LogP contribution in [0.25, 0.3) is 22.3 Å². The van der Waals surface area contributed by atoms with Gasteiger partial charge in [0, 0.05) is 22.0 Å². The summed E-state index contributed by atoms with van der Waals surface area (Å²) in [7, 11) is 1.63. The van der Waals surface area contributed by atoms with Crippen LogP contribution in [0.2, 0.25) is 10.0 Å². The summed E-state index contributed by atoms with van der Waals surface area (Å²) in [5.41, 5.74) is 5.34. The highest BCUT2D eigenvalue weighted by Gasteiger charge is 2.11. The minimum atomic E-state index is 0.425. The number of nitrogens with zero attached hydrogens (tertiary/aromatic N) is 1. The summed E-state index contributed by atoms with van der Waals surface area (Å²) in [5.74, 6) is 1.40. The molecule has 0 aliphatic rings. The van der Waals surface area contributed by atoms with E-state index in [1.165, 1.54) is 0 Å². The van der Waals surface area contributed by atoms with Crippen molar-refractivity contribution in [3.05, 3.63) is 88.2 Å². The van der Waals surface area contributed by atoms with Gasteiger partial charge >= 0.3 is 0 Å². The van der Waals surface area contributed by atoms with E-state index in [1.807, 2.05) is 60.7 Å². The van der Waals surface area contributed by atoms with Crippen molar-refractivity contribution in [2.24, 2.45) is 5.10 Å². The van der Waals surface area contributed by atoms with Gasteiger partial charge in [0.25, 0.3) is 0 Å². The fraction of sp³-hybridized carbons (Fsp3) is 0.0455. The quantitative estimate of drug-likeness (QED) is 0.399. The van der Waals surface area contributed by atoms with E-state index < -0.39 is 0 Å². The van der Waals surface area contributed by atoms with Crippen LogP contribution in [0, 0.1) is 0 Å². The van der Waals surface area contributed by atoms with Crippen molar-refractivity contribution in [2.75, 3.05) is 12.5 Å². The Morgan fingerprint density at radius 2 is 1.68 bits per heavy atom. The number of ether oxygens (including phenoxy) is 1. The number of para-hydroxylation sites is 1. The molecule has 0 aliphatic carbocycles. The second-order valence-electron chi connectivity index (χ2n) is 6.08. The van der Waals surface area contributed by atoms with E-state index in [0.717, 1.165) is 22.4 Å². The van der Waals surface area contributed by atoms with Gasteiger partial charge in [0.1, 0.15) is 11.5 Å². The van der Waals surface area contributed by atoms with Crippen molar-refractivity contribution < 1.29 is 9.15 Å². The van der Waals surface area contributed by atoms with Crippen molar-refractivity contribution in [3.8, 4) is 17.1 Å². The average Bonchev–Trinajstić information content (AvgIpc) is 2.73. The third kappa shape index (κ3) is 3.84. The summed E-state index contributed by atoms with van der Waals surface area (Å²) in [5, 5.41) is 6.88. The van der Waals surface area contributed by atoms with E-state index in [-0.39, 0.29) is 0 Å². The molecule has 0 atom stereocenters. The summed E-state index contributed by atoms with van der Waals surface area (Å²) in [6.07, 6.45) is 0. The molecule has 0 aliphatic heterocycles. The minimum Gasteiger partial charge on any atom is -0.497 e. The molecule has 6 heteroatoms. The first-order valence-corrected chi connectivity index (χ1v) is 9.32. The van der Waals surface area contributed by atoms with Crippen LogP contribution in [-0.4, -0.2) is 7.11 Å². The highest BCUT2D eigenvalue weighted by molar-refractivity contribution is 6.38. The zero-order valence-corrected chi connectivity index (χ0v) is 16.5. The molecule has 0 bridgehead atoms. The Bertz CT molecular complexity index is 1190. The first-order valence-electron chi connectivity index (χ1n) is 8.56. The summed E-state index contributed by atoms with van der Waals surface area (Å²) < 4.78 is 11.3. The molecule has 4 nitrogen and oxygen atoms in total. The van der Waals surface area contributed by atoms with Gasteiger partial charge in [0.15, 0.2) is 5.58 Å². The molecule has 3 aromatic carbocycles. The molecule has 140 valence electrons. The van der Waals surface area contributed by atoms with Crippen molar-refractivity contribution in [2.45, 2.75) is 0 Å². The predicted molar refractivity (Wildman–Crippen MR) is 114 cm³/mol. The molecule has 0 saturated carbocycles. The zero-order valence-electron chi connectivity index (χ0n) is 14.9. The van der Waals surface area contributed by atoms with Crippen LogP contribution in [0.5, 0.6) is 5.75 Å². The molecular formula is C22H16Cl2N2O2. The van der Waals surface area contributed by atoms with Gasteiger partial charge in [-0.05, 0) is 48.5 Å². The lowest BCUT2D eigenvalue weighted by Gasteiger charge is -2.08. The highest BCUT2D eigenvalue weighted by Crippen LogP contribution is 2.30. The number of hydrogen-bond acceptors (Lipinski definition) is 4. The van der Waals surface area contributed by atoms with Gasteiger partial charge in [0.05, 0.1) is 23.2 Å². The van der Waals surface area contributed by atoms with Crippen LogP contribution >= 0.6 is 23.2 Å². The lowest BCUT2D eigenvalue weighted by Crippen LogP contribution is -2.07. The van der Waals surface area contributed by atoms with Crippen LogP contribution in [-0.2, 0) is 0 Å². The molecule has 0 saturated heterocycles. The molecule has 4 rings (SSSR count). The van der Waals surface area contributed by atoms with Crippen molar-refractivity contribution in [1.82, 2.24) is 0 Å². The summed E-state index contributed by atoms with van der Waals surface area (Å²) in [6.45, 7) is 0. The van der Waals surface area contributed by atoms with Crippen molar-refractivity contribution in [3.63, 3.8) is 0 Å². The molecule has 0 unspecified atom stereocenters. The van der Waals surface area contributed by atoms with Gasteiger partial charge < -0.3 is 9.15 Å². The summed E-state index contributed by atoms with van der Waals surface area (Å²) >= 11 is 12.6. The molecule has 0 amide bonds. The predicted octanol–water partition coefficient (Wildman–Crippen LogP) is 6.34. The van der Waals surface area contributed by atoms with Crippen LogP contribution in [0.15, 0.2) is 82.3 Å². The second-order valence-corrected chi connectivity index (χ2v) is 6.92. The topological polar surface area (TPSA) is 46.8 Å². The monoisotopic (exact) mass is 410 g/mol. The molecule has 0 fully saturated rings. The van der Waals surface area contributed by atoms with Crippen molar-refractivity contribution >= 4 is 39.9 Å². The molecule has 1 N–H and O–H groups in total. The Morgan fingerprint density at radius 3 is 2.39 bits per heavy atom. The number of halogens is 2. The van der Waals surface area contributed by atoms with Gasteiger partial charge in [-0.15, -0.1) is 0 Å². The van der Waals surface area contributed by atoms with E-state index in [9.17, 15) is 0 Å². The smallest absolute Gasteiger partial charge is 0.155 e. The van der Waals surface area contributed by atoms with E-state index >= 15 is 0 Å². The van der Waals surface area contributed by atoms with Crippen LogP contribution in [0.1, 0.15) is 0 Å². The lowest BCUT2D eigenvalue weighted by molar-refractivity contribution is 0.415. The first kappa shape index (κ1) is 18.4. The van der Waals surface area contributed by atoms with Gasteiger partial charge in [-0.3, -0.25) is 5.43 Å². The largest absolute Gasteiger partial charge is 0.497 e. The Morgan fingerprint density at radius 1 is 0.929 bits per heavy atom. The average molecular weight is 411 g/mol. The van der Waals surface area contributed by atoms with Crippen molar-refractivity contribution in [1.29, 1.82) is 0 Å². The maximum absolute atomic E-state index is 6.40. The standard InChI is InChI=1S/C22H16Cl2N2O2/c1-27-17-9-7-14(8-10-17)21-13-20(26-25-16-5-3-2-4-6-16)18-11-15(23)12-19(24)22(18)28-21/h2-13,25H,1H3/b26-20-. The Labute approximate surface area is 172 Å². The maximum Gasteiger partial charge on any atom is 0.155 e. The van der Waals surface area contributed by atoms with Crippen LogP contribution in [0.4, 0.5) is 5.69 Å². The van der Waals surface area contributed by atoms with Gasteiger partial charge in [0.2, 0.25) is 0 Å². The molecule has 1 heterocycles. The third-order valence-electron chi connectivity index (χ3n) is 4.22. The molecule has 0 radical (unpaired) electrons. The van der Waals surface area contributed by atoms with Gasteiger partial charge in [-0.25, -0.2) is 0 Å². The van der Waals surface area contributed by atoms with Gasteiger partial charge in [-0.1, -0.05) is 41.4 Å². The number of nitrogens with one attached hydrogen (secondary N) is 1. The van der Waals surface area contributed by atoms with E-state index in [0.29, 0.717) is 26.7 Å². The highest BCUT2D eigenvalue weighted by atomic mass is 35.5. The third-order valence-corrected chi connectivity index (χ3v) is 4.72. The molecule has 28 heavy (non-hydrogen) atoms. The van der Waals surface area contributed by atoms with E-state index in [2.05, 4.69) is 10.5 Å². The summed E-state index contributed by atoms with van der Waals surface area (Å²) in [6, 6.07) is 22.6. The number of anilines is 1. The summed E-state index contributed by atoms with van der Waals surface area (Å²) in [4.78, 5) is 0. The zero-order chi connectivity index (χ0) is 19.5. The fourth-order valence-electron chi connectivity index (χ4n) is 2.82. The Balaban J connectivity index is 1.90. The number of fused-ring (bicyclic) bond motifs is 1. The number of benzene rings is 3. The molecule has 1 aromatic heterocycles. The van der Waals surface area contributed by atoms with Gasteiger partial charge in [-0.2, -0.15) is 5.10 Å². The lowest BCUT2D eigenvalue weighted by atomic mass is 10.1. The van der Waals surface area contributed by atoms with E-state index in [4.69, 9.17) is 32.4 Å². The van der Waals surface area contributed by atoms with Crippen LogP contribution < -0.4 is 15.5 Å².